The molecular weight excluding hydrogens is 678 g/mol. The van der Waals surface area contributed by atoms with E-state index in [1.807, 2.05) is 0 Å². The number of rotatable bonds is 29. The number of ether oxygens (including phenoxy) is 3. The van der Waals surface area contributed by atoms with Gasteiger partial charge < -0.3 is 50.6 Å². The van der Waals surface area contributed by atoms with Crippen molar-refractivity contribution in [2.24, 2.45) is 0 Å². The fourth-order valence-corrected chi connectivity index (χ4v) is 6.10. The monoisotopic (exact) mass is 745 g/mol. The quantitative estimate of drug-likeness (QED) is 0.0332. The SMILES string of the molecule is CCCCCCCCCCCCCCCCCCN[C@H](CCC(=O)O)C(=O)OC(=O)[C@H](C)NC(=O)[C@@H](C)O[C@H]1[C@H](O)[C@@H](CO)O[C@H](O)[C@@H]1NC(C)=O. The molecule has 302 valence electrons. The van der Waals surface area contributed by atoms with Crippen LogP contribution in [0.25, 0.3) is 0 Å². The summed E-state index contributed by atoms with van der Waals surface area (Å²) in [5.74, 6) is -4.55. The van der Waals surface area contributed by atoms with E-state index in [0.717, 1.165) is 25.7 Å². The summed E-state index contributed by atoms with van der Waals surface area (Å²) in [7, 11) is 0. The molecule has 0 saturated carbocycles. The summed E-state index contributed by atoms with van der Waals surface area (Å²) in [6, 6.07) is -3.63. The third-order valence-electron chi connectivity index (χ3n) is 9.24. The number of esters is 2. The van der Waals surface area contributed by atoms with Crippen LogP contribution in [0, 0.1) is 0 Å². The Morgan fingerprint density at radius 1 is 0.788 bits per heavy atom. The maximum absolute atomic E-state index is 12.9. The van der Waals surface area contributed by atoms with Gasteiger partial charge in [-0.05, 0) is 33.2 Å². The molecular formula is C37H67N3O12. The molecule has 1 aliphatic heterocycles. The number of carbonyl (C=O) groups excluding carboxylic acids is 4. The molecule has 8 atom stereocenters. The predicted molar refractivity (Wildman–Crippen MR) is 193 cm³/mol. The number of nitrogens with one attached hydrogen (secondary N) is 3. The van der Waals surface area contributed by atoms with Crippen molar-refractivity contribution in [3.8, 4) is 0 Å². The van der Waals surface area contributed by atoms with Gasteiger partial charge in [-0.15, -0.1) is 0 Å². The van der Waals surface area contributed by atoms with Gasteiger partial charge >= 0.3 is 17.9 Å². The fraction of sp³-hybridized carbons (Fsp3) is 0.865. The molecule has 0 unspecified atom stereocenters. The summed E-state index contributed by atoms with van der Waals surface area (Å²) in [6.07, 6.45) is 12.1. The summed E-state index contributed by atoms with van der Waals surface area (Å²) in [4.78, 5) is 61.3. The van der Waals surface area contributed by atoms with Gasteiger partial charge in [0, 0.05) is 13.3 Å². The molecule has 1 heterocycles. The number of unbranched alkanes of at least 4 members (excludes halogenated alkanes) is 15. The number of amides is 2. The average molecular weight is 746 g/mol. The lowest BCUT2D eigenvalue weighted by Gasteiger charge is -2.43. The largest absolute Gasteiger partial charge is 0.481 e. The second-order valence-electron chi connectivity index (χ2n) is 13.9. The van der Waals surface area contributed by atoms with E-state index in [2.05, 4.69) is 22.9 Å². The van der Waals surface area contributed by atoms with Crippen LogP contribution in [0.4, 0.5) is 0 Å². The Morgan fingerprint density at radius 2 is 1.31 bits per heavy atom. The van der Waals surface area contributed by atoms with E-state index in [9.17, 15) is 39.3 Å². The van der Waals surface area contributed by atoms with Gasteiger partial charge in [0.1, 0.15) is 42.5 Å². The Balaban J connectivity index is 2.44. The topological polar surface area (TPSA) is 230 Å². The first kappa shape index (κ1) is 47.3. The molecule has 0 radical (unpaired) electrons. The van der Waals surface area contributed by atoms with E-state index in [1.54, 1.807) is 0 Å². The van der Waals surface area contributed by atoms with E-state index in [0.29, 0.717) is 6.54 Å². The highest BCUT2D eigenvalue weighted by molar-refractivity contribution is 5.93. The third-order valence-corrected chi connectivity index (χ3v) is 9.24. The minimum Gasteiger partial charge on any atom is -0.481 e. The van der Waals surface area contributed by atoms with E-state index in [4.69, 9.17) is 19.3 Å². The summed E-state index contributed by atoms with van der Waals surface area (Å²) >= 11 is 0. The fourth-order valence-electron chi connectivity index (χ4n) is 6.10. The first-order valence-corrected chi connectivity index (χ1v) is 19.4. The Kier molecular flexibility index (Phi) is 25.3. The smallest absolute Gasteiger partial charge is 0.336 e. The Morgan fingerprint density at radius 3 is 1.79 bits per heavy atom. The zero-order valence-corrected chi connectivity index (χ0v) is 31.8. The molecule has 0 aromatic rings. The van der Waals surface area contributed by atoms with Crippen LogP contribution < -0.4 is 16.0 Å². The van der Waals surface area contributed by atoms with Crippen LogP contribution in [-0.4, -0.2) is 112 Å². The van der Waals surface area contributed by atoms with Gasteiger partial charge in [0.25, 0.3) is 0 Å². The maximum atomic E-state index is 12.9. The van der Waals surface area contributed by atoms with Gasteiger partial charge in [-0.3, -0.25) is 14.4 Å². The Bertz CT molecular complexity index is 1050. The van der Waals surface area contributed by atoms with Crippen molar-refractivity contribution in [3.63, 3.8) is 0 Å². The summed E-state index contributed by atoms with van der Waals surface area (Å²) < 4.78 is 15.8. The predicted octanol–water partition coefficient (Wildman–Crippen LogP) is 2.99. The lowest BCUT2D eigenvalue weighted by atomic mass is 9.96. The van der Waals surface area contributed by atoms with Gasteiger partial charge in [-0.1, -0.05) is 103 Å². The molecule has 0 aromatic carbocycles. The van der Waals surface area contributed by atoms with E-state index >= 15 is 0 Å². The number of carbonyl (C=O) groups is 5. The number of carboxylic acid groups (broad SMARTS) is 1. The highest BCUT2D eigenvalue weighted by Gasteiger charge is 2.47. The second-order valence-corrected chi connectivity index (χ2v) is 13.9. The minimum atomic E-state index is -1.66. The number of aliphatic hydroxyl groups is 3. The van der Waals surface area contributed by atoms with Crippen LogP contribution in [0.5, 0.6) is 0 Å². The van der Waals surface area contributed by atoms with Crippen molar-refractivity contribution in [3.05, 3.63) is 0 Å². The van der Waals surface area contributed by atoms with E-state index in [1.165, 1.54) is 97.8 Å². The molecule has 15 nitrogen and oxygen atoms in total. The normalized spacial score (nSPS) is 21.9. The Labute approximate surface area is 309 Å². The van der Waals surface area contributed by atoms with Crippen LogP contribution in [0.3, 0.4) is 0 Å². The van der Waals surface area contributed by atoms with Crippen LogP contribution >= 0.6 is 0 Å². The van der Waals surface area contributed by atoms with Gasteiger partial charge in [0.2, 0.25) is 11.8 Å². The van der Waals surface area contributed by atoms with Crippen molar-refractivity contribution >= 4 is 29.7 Å². The first-order chi connectivity index (χ1) is 24.8. The molecule has 7 N–H and O–H groups in total. The molecule has 15 heteroatoms. The molecule has 0 bridgehead atoms. The zero-order valence-electron chi connectivity index (χ0n) is 31.8. The molecule has 0 aliphatic carbocycles. The van der Waals surface area contributed by atoms with Crippen LogP contribution in [-0.2, 0) is 38.2 Å². The van der Waals surface area contributed by atoms with Crippen molar-refractivity contribution in [2.75, 3.05) is 13.2 Å². The standard InChI is InChI=1S/C37H67N3O12/c1-5-6-7-8-9-10-11-12-13-14-15-16-17-18-19-20-23-38-28(21-22-30(43)44)36(48)52-35(47)25(2)39-34(46)26(3)50-33-31(40-27(4)42)37(49)51-29(24-41)32(33)45/h25-26,28-29,31-33,37-38,41,45,49H,5-24H2,1-4H3,(H,39,46)(H,40,42)(H,43,44)/t25-,26+,28+,29+,31+,32+,33+,37-/m0/s1. The van der Waals surface area contributed by atoms with Crippen molar-refractivity contribution in [1.29, 1.82) is 0 Å². The third kappa shape index (κ3) is 20.0. The maximum Gasteiger partial charge on any atom is 0.336 e. The van der Waals surface area contributed by atoms with Gasteiger partial charge in [0.05, 0.1) is 6.61 Å². The average Bonchev–Trinajstić information content (AvgIpc) is 3.09. The van der Waals surface area contributed by atoms with Gasteiger partial charge in [-0.25, -0.2) is 9.59 Å². The first-order valence-electron chi connectivity index (χ1n) is 19.4. The molecule has 52 heavy (non-hydrogen) atoms. The number of carboxylic acids is 1. The molecule has 0 spiro atoms. The molecule has 0 aromatic heterocycles. The number of aliphatic carboxylic acids is 1. The van der Waals surface area contributed by atoms with Crippen molar-refractivity contribution < 1.29 is 58.6 Å². The second kappa shape index (κ2) is 27.9. The van der Waals surface area contributed by atoms with E-state index in [-0.39, 0.29) is 12.8 Å². The lowest BCUT2D eigenvalue weighted by Crippen LogP contribution is -2.65. The summed E-state index contributed by atoms with van der Waals surface area (Å²) in [6.45, 7) is 5.76. The number of hydrogen-bond donors (Lipinski definition) is 7. The molecule has 1 saturated heterocycles. The van der Waals surface area contributed by atoms with Crippen LogP contribution in [0.2, 0.25) is 0 Å². The van der Waals surface area contributed by atoms with Gasteiger partial charge in [-0.2, -0.15) is 0 Å². The molecule has 1 aliphatic rings. The molecule has 2 amide bonds. The number of aliphatic hydroxyl groups excluding tert-OH is 3. The van der Waals surface area contributed by atoms with Gasteiger partial charge in [0.15, 0.2) is 6.29 Å². The highest BCUT2D eigenvalue weighted by atomic mass is 16.6. The number of hydrogen-bond acceptors (Lipinski definition) is 12. The molecule has 1 fully saturated rings. The Hall–Kier alpha value is -2.69. The zero-order chi connectivity index (χ0) is 38.9. The molecule has 1 rings (SSSR count). The summed E-state index contributed by atoms with van der Waals surface area (Å²) in [5.41, 5.74) is 0. The van der Waals surface area contributed by atoms with Crippen LogP contribution in [0.15, 0.2) is 0 Å². The van der Waals surface area contributed by atoms with E-state index < -0.39 is 85.2 Å². The highest BCUT2D eigenvalue weighted by Crippen LogP contribution is 2.24. The minimum absolute atomic E-state index is 0.0878. The summed E-state index contributed by atoms with van der Waals surface area (Å²) in [5, 5.41) is 47.3. The van der Waals surface area contributed by atoms with Crippen molar-refractivity contribution in [1.82, 2.24) is 16.0 Å². The lowest BCUT2D eigenvalue weighted by molar-refractivity contribution is -0.266. The van der Waals surface area contributed by atoms with Crippen molar-refractivity contribution in [2.45, 2.75) is 192 Å². The van der Waals surface area contributed by atoms with Crippen LogP contribution in [0.1, 0.15) is 143 Å².